The zero-order valence-electron chi connectivity index (χ0n) is 15.5. The van der Waals surface area contributed by atoms with Crippen LogP contribution in [0.4, 0.5) is 5.69 Å². The molecular formula is C19H23BrN2O4S. The van der Waals surface area contributed by atoms with Gasteiger partial charge in [0.1, 0.15) is 5.75 Å². The summed E-state index contributed by atoms with van der Waals surface area (Å²) in [6.07, 6.45) is 0.831. The first-order chi connectivity index (χ1) is 12.7. The average molecular weight is 455 g/mol. The van der Waals surface area contributed by atoms with Gasteiger partial charge in [-0.25, -0.2) is 13.1 Å². The molecule has 0 saturated heterocycles. The lowest BCUT2D eigenvalue weighted by Crippen LogP contribution is -2.30. The molecular weight excluding hydrogens is 432 g/mol. The third kappa shape index (κ3) is 6.05. The highest BCUT2D eigenvalue weighted by Gasteiger charge is 2.17. The standard InChI is InChI=1S/C19H23BrN2O4S/c1-4-11-26-18-10-5-14(20)12-17(18)19(23)21-15-6-8-16(9-7-15)27(24,25)22-13(2)3/h5-10,12-13,22H,4,11H2,1-3H3,(H,21,23). The molecule has 0 bridgehead atoms. The minimum Gasteiger partial charge on any atom is -0.493 e. The Morgan fingerprint density at radius 3 is 2.41 bits per heavy atom. The van der Waals surface area contributed by atoms with Gasteiger partial charge in [0.25, 0.3) is 5.91 Å². The van der Waals surface area contributed by atoms with Crippen LogP contribution in [0.15, 0.2) is 51.8 Å². The van der Waals surface area contributed by atoms with E-state index in [1.165, 1.54) is 12.1 Å². The second-order valence-electron chi connectivity index (χ2n) is 6.24. The van der Waals surface area contributed by atoms with Crippen molar-refractivity contribution in [3.63, 3.8) is 0 Å². The molecule has 0 atom stereocenters. The van der Waals surface area contributed by atoms with E-state index in [1.807, 2.05) is 13.0 Å². The third-order valence-electron chi connectivity index (χ3n) is 3.46. The van der Waals surface area contributed by atoms with E-state index in [9.17, 15) is 13.2 Å². The number of anilines is 1. The molecule has 0 aliphatic carbocycles. The molecule has 0 aliphatic rings. The zero-order valence-corrected chi connectivity index (χ0v) is 17.9. The maximum Gasteiger partial charge on any atom is 0.259 e. The molecule has 0 aromatic heterocycles. The number of carbonyl (C=O) groups is 1. The van der Waals surface area contributed by atoms with Crippen molar-refractivity contribution >= 4 is 37.5 Å². The molecule has 0 aliphatic heterocycles. The molecule has 1 amide bonds. The number of amides is 1. The number of hydrogen-bond acceptors (Lipinski definition) is 4. The fraction of sp³-hybridized carbons (Fsp3) is 0.316. The molecule has 2 N–H and O–H groups in total. The van der Waals surface area contributed by atoms with Crippen molar-refractivity contribution in [2.24, 2.45) is 0 Å². The van der Waals surface area contributed by atoms with E-state index in [-0.39, 0.29) is 16.8 Å². The molecule has 0 saturated carbocycles. The summed E-state index contributed by atoms with van der Waals surface area (Å²) in [5.74, 6) is 0.163. The summed E-state index contributed by atoms with van der Waals surface area (Å²) in [6.45, 7) is 6.00. The minimum atomic E-state index is -3.57. The first kappa shape index (κ1) is 21.4. The lowest BCUT2D eigenvalue weighted by molar-refractivity contribution is 0.102. The highest BCUT2D eigenvalue weighted by atomic mass is 79.9. The number of rotatable bonds is 8. The normalized spacial score (nSPS) is 11.4. The fourth-order valence-corrected chi connectivity index (χ4v) is 3.92. The molecule has 2 aromatic rings. The Labute approximate surface area is 168 Å². The van der Waals surface area contributed by atoms with Gasteiger partial charge in [0.2, 0.25) is 10.0 Å². The van der Waals surface area contributed by atoms with Crippen molar-refractivity contribution in [1.82, 2.24) is 4.72 Å². The third-order valence-corrected chi connectivity index (χ3v) is 5.63. The molecule has 8 heteroatoms. The van der Waals surface area contributed by atoms with Crippen LogP contribution < -0.4 is 14.8 Å². The fourth-order valence-electron chi connectivity index (χ4n) is 2.31. The number of halogens is 1. The monoisotopic (exact) mass is 454 g/mol. The van der Waals surface area contributed by atoms with Crippen LogP contribution in [0.25, 0.3) is 0 Å². The van der Waals surface area contributed by atoms with E-state index >= 15 is 0 Å². The van der Waals surface area contributed by atoms with E-state index in [1.54, 1.807) is 38.1 Å². The predicted octanol–water partition coefficient (Wildman–Crippen LogP) is 4.18. The zero-order chi connectivity index (χ0) is 20.0. The summed E-state index contributed by atoms with van der Waals surface area (Å²) in [4.78, 5) is 12.8. The Morgan fingerprint density at radius 1 is 1.15 bits per heavy atom. The second kappa shape index (κ2) is 9.34. The highest BCUT2D eigenvalue weighted by Crippen LogP contribution is 2.25. The SMILES string of the molecule is CCCOc1ccc(Br)cc1C(=O)Nc1ccc(S(=O)(=O)NC(C)C)cc1. The van der Waals surface area contributed by atoms with Crippen molar-refractivity contribution in [3.8, 4) is 5.75 Å². The van der Waals surface area contributed by atoms with E-state index < -0.39 is 10.0 Å². The summed E-state index contributed by atoms with van der Waals surface area (Å²) in [5, 5.41) is 2.77. The van der Waals surface area contributed by atoms with Gasteiger partial charge in [-0.1, -0.05) is 22.9 Å². The molecule has 0 heterocycles. The van der Waals surface area contributed by atoms with E-state index in [4.69, 9.17) is 4.74 Å². The minimum absolute atomic E-state index is 0.142. The van der Waals surface area contributed by atoms with Gasteiger partial charge in [-0.05, 0) is 62.7 Å². The van der Waals surface area contributed by atoms with Gasteiger partial charge in [0.05, 0.1) is 17.1 Å². The van der Waals surface area contributed by atoms with Gasteiger partial charge in [-0.2, -0.15) is 0 Å². The Morgan fingerprint density at radius 2 is 1.81 bits per heavy atom. The van der Waals surface area contributed by atoms with E-state index in [0.717, 1.165) is 10.9 Å². The van der Waals surface area contributed by atoms with Crippen molar-refractivity contribution in [1.29, 1.82) is 0 Å². The van der Waals surface area contributed by atoms with Crippen molar-refractivity contribution in [3.05, 3.63) is 52.5 Å². The van der Waals surface area contributed by atoms with Crippen LogP contribution in [0, 0.1) is 0 Å². The summed E-state index contributed by atoms with van der Waals surface area (Å²) >= 11 is 3.36. The quantitative estimate of drug-likeness (QED) is 0.626. The van der Waals surface area contributed by atoms with Crippen LogP contribution in [0.1, 0.15) is 37.6 Å². The van der Waals surface area contributed by atoms with Gasteiger partial charge >= 0.3 is 0 Å². The summed E-state index contributed by atoms with van der Waals surface area (Å²) < 4.78 is 33.2. The Bertz CT molecular complexity index is 896. The number of carbonyl (C=O) groups excluding carboxylic acids is 1. The molecule has 0 unspecified atom stereocenters. The summed E-state index contributed by atoms with van der Waals surface area (Å²) in [6, 6.07) is 11.0. The number of ether oxygens (including phenoxy) is 1. The molecule has 2 rings (SSSR count). The molecule has 6 nitrogen and oxygen atoms in total. The average Bonchev–Trinajstić information content (AvgIpc) is 2.60. The van der Waals surface area contributed by atoms with Crippen LogP contribution in [0.2, 0.25) is 0 Å². The number of hydrogen-bond donors (Lipinski definition) is 2. The number of benzene rings is 2. The van der Waals surface area contributed by atoms with Crippen molar-refractivity contribution < 1.29 is 17.9 Å². The first-order valence-corrected chi connectivity index (χ1v) is 10.9. The Hall–Kier alpha value is -1.90. The lowest BCUT2D eigenvalue weighted by atomic mass is 10.2. The Kier molecular flexibility index (Phi) is 7.41. The van der Waals surface area contributed by atoms with Gasteiger partial charge in [0.15, 0.2) is 0 Å². The molecule has 146 valence electrons. The van der Waals surface area contributed by atoms with Gasteiger partial charge in [-0.3, -0.25) is 4.79 Å². The van der Waals surface area contributed by atoms with Crippen LogP contribution in [0.5, 0.6) is 5.75 Å². The smallest absolute Gasteiger partial charge is 0.259 e. The lowest BCUT2D eigenvalue weighted by Gasteiger charge is -2.13. The van der Waals surface area contributed by atoms with Crippen LogP contribution in [-0.4, -0.2) is 27.0 Å². The summed E-state index contributed by atoms with van der Waals surface area (Å²) in [7, 11) is -3.57. The second-order valence-corrected chi connectivity index (χ2v) is 8.87. The van der Waals surface area contributed by atoms with Crippen LogP contribution in [-0.2, 0) is 10.0 Å². The molecule has 0 radical (unpaired) electrons. The molecule has 27 heavy (non-hydrogen) atoms. The largest absolute Gasteiger partial charge is 0.493 e. The molecule has 0 fully saturated rings. The Balaban J connectivity index is 2.18. The maximum atomic E-state index is 12.6. The highest BCUT2D eigenvalue weighted by molar-refractivity contribution is 9.10. The van der Waals surface area contributed by atoms with Gasteiger partial charge < -0.3 is 10.1 Å². The predicted molar refractivity (Wildman–Crippen MR) is 110 cm³/mol. The van der Waals surface area contributed by atoms with Crippen molar-refractivity contribution in [2.45, 2.75) is 38.1 Å². The number of nitrogens with one attached hydrogen (secondary N) is 2. The molecule has 2 aromatic carbocycles. The number of sulfonamides is 1. The van der Waals surface area contributed by atoms with Crippen LogP contribution in [0.3, 0.4) is 0 Å². The topological polar surface area (TPSA) is 84.5 Å². The van der Waals surface area contributed by atoms with Gasteiger partial charge in [0, 0.05) is 16.2 Å². The van der Waals surface area contributed by atoms with E-state index in [2.05, 4.69) is 26.0 Å². The van der Waals surface area contributed by atoms with Crippen LogP contribution >= 0.6 is 15.9 Å². The van der Waals surface area contributed by atoms with Crippen molar-refractivity contribution in [2.75, 3.05) is 11.9 Å². The maximum absolute atomic E-state index is 12.6. The van der Waals surface area contributed by atoms with Gasteiger partial charge in [-0.15, -0.1) is 0 Å². The first-order valence-electron chi connectivity index (χ1n) is 8.59. The molecule has 0 spiro atoms. The van der Waals surface area contributed by atoms with E-state index in [0.29, 0.717) is 23.6 Å². The summed E-state index contributed by atoms with van der Waals surface area (Å²) in [5.41, 5.74) is 0.890.